The Morgan fingerprint density at radius 3 is 2.87 bits per heavy atom. The van der Waals surface area contributed by atoms with E-state index in [9.17, 15) is 14.4 Å². The lowest BCUT2D eigenvalue weighted by Crippen LogP contribution is -2.39. The van der Waals surface area contributed by atoms with Crippen LogP contribution < -0.4 is 10.9 Å². The first kappa shape index (κ1) is 18.9. The first-order chi connectivity index (χ1) is 14.6. The summed E-state index contributed by atoms with van der Waals surface area (Å²) in [7, 11) is 0. The first-order valence-corrected chi connectivity index (χ1v) is 10.9. The number of carbonyl (C=O) groups is 2. The van der Waals surface area contributed by atoms with Gasteiger partial charge in [0, 0.05) is 23.8 Å². The summed E-state index contributed by atoms with van der Waals surface area (Å²) < 4.78 is 1.36. The van der Waals surface area contributed by atoms with Crippen molar-refractivity contribution in [2.75, 3.05) is 11.9 Å². The average Bonchev–Trinajstić information content (AvgIpc) is 3.10. The molecule has 8 nitrogen and oxygen atoms in total. The van der Waals surface area contributed by atoms with Crippen LogP contribution in [0, 0.1) is 5.92 Å². The SMILES string of the molecule is O=C(Nc1nc2c(s1)CN(C(=O)Cn1cnc3ccccc3c1=O)CC2)C1CCC1. The van der Waals surface area contributed by atoms with Crippen molar-refractivity contribution in [3.8, 4) is 0 Å². The van der Waals surface area contributed by atoms with Crippen LogP contribution in [0.2, 0.25) is 0 Å². The van der Waals surface area contributed by atoms with E-state index in [4.69, 9.17) is 0 Å². The quantitative estimate of drug-likeness (QED) is 0.694. The molecule has 0 bridgehead atoms. The molecule has 1 aromatic carbocycles. The fourth-order valence-electron chi connectivity index (χ4n) is 3.80. The Morgan fingerprint density at radius 1 is 1.23 bits per heavy atom. The van der Waals surface area contributed by atoms with Crippen molar-refractivity contribution < 1.29 is 9.59 Å². The highest BCUT2D eigenvalue weighted by Crippen LogP contribution is 2.31. The Balaban J connectivity index is 1.28. The van der Waals surface area contributed by atoms with Crippen LogP contribution in [-0.4, -0.2) is 37.8 Å². The van der Waals surface area contributed by atoms with Crippen molar-refractivity contribution in [2.45, 2.75) is 38.8 Å². The van der Waals surface area contributed by atoms with Gasteiger partial charge in [0.05, 0.1) is 29.5 Å². The lowest BCUT2D eigenvalue weighted by atomic mass is 9.85. The molecule has 9 heteroatoms. The van der Waals surface area contributed by atoms with Crippen LogP contribution in [0.15, 0.2) is 35.4 Å². The summed E-state index contributed by atoms with van der Waals surface area (Å²) in [5, 5.41) is 4.04. The van der Waals surface area contributed by atoms with Crippen LogP contribution in [0.25, 0.3) is 10.9 Å². The molecular formula is C21H21N5O3S. The zero-order chi connectivity index (χ0) is 20.7. The van der Waals surface area contributed by atoms with Crippen LogP contribution in [0.3, 0.4) is 0 Å². The number of fused-ring (bicyclic) bond motifs is 2. The maximum absolute atomic E-state index is 12.8. The minimum absolute atomic E-state index is 0.0449. The molecule has 0 radical (unpaired) electrons. The van der Waals surface area contributed by atoms with E-state index >= 15 is 0 Å². The number of thiazole rings is 1. The van der Waals surface area contributed by atoms with Crippen molar-refractivity contribution in [1.82, 2.24) is 19.4 Å². The minimum Gasteiger partial charge on any atom is -0.336 e. The van der Waals surface area contributed by atoms with Crippen molar-refractivity contribution >= 4 is 39.2 Å². The molecule has 2 aliphatic rings. The van der Waals surface area contributed by atoms with E-state index in [0.29, 0.717) is 35.5 Å². The van der Waals surface area contributed by atoms with E-state index in [2.05, 4.69) is 15.3 Å². The Morgan fingerprint density at radius 2 is 2.07 bits per heavy atom. The maximum Gasteiger partial charge on any atom is 0.261 e. The van der Waals surface area contributed by atoms with Gasteiger partial charge in [-0.15, -0.1) is 0 Å². The number of para-hydroxylation sites is 1. The van der Waals surface area contributed by atoms with E-state index in [0.717, 1.165) is 29.8 Å². The molecule has 3 aromatic rings. The molecule has 1 saturated carbocycles. The van der Waals surface area contributed by atoms with E-state index in [-0.39, 0.29) is 29.8 Å². The number of aromatic nitrogens is 3. The van der Waals surface area contributed by atoms with Gasteiger partial charge in [0.25, 0.3) is 5.56 Å². The van der Waals surface area contributed by atoms with Crippen LogP contribution in [0.5, 0.6) is 0 Å². The second-order valence-electron chi connectivity index (χ2n) is 7.77. The standard InChI is InChI=1S/C21H21N5O3S/c27-18(11-26-12-22-15-7-2-1-6-14(15)20(26)29)25-9-8-16-17(10-25)30-21(23-16)24-19(28)13-4-3-5-13/h1-2,6-7,12-13H,3-5,8-11H2,(H,23,24,28). The molecule has 1 fully saturated rings. The molecule has 1 aliphatic heterocycles. The third kappa shape index (κ3) is 3.49. The molecule has 2 aromatic heterocycles. The zero-order valence-corrected chi connectivity index (χ0v) is 17.2. The monoisotopic (exact) mass is 423 g/mol. The lowest BCUT2D eigenvalue weighted by Gasteiger charge is -2.26. The van der Waals surface area contributed by atoms with Gasteiger partial charge in [0.15, 0.2) is 5.13 Å². The Kier molecular flexibility index (Phi) is 4.82. The van der Waals surface area contributed by atoms with Crippen LogP contribution in [0.1, 0.15) is 29.8 Å². The molecule has 0 spiro atoms. The third-order valence-electron chi connectivity index (χ3n) is 5.83. The van der Waals surface area contributed by atoms with E-state index in [1.807, 2.05) is 6.07 Å². The van der Waals surface area contributed by atoms with Gasteiger partial charge in [0.2, 0.25) is 11.8 Å². The zero-order valence-electron chi connectivity index (χ0n) is 16.3. The summed E-state index contributed by atoms with van der Waals surface area (Å²) in [4.78, 5) is 49.2. The molecular weight excluding hydrogens is 402 g/mol. The van der Waals surface area contributed by atoms with Crippen LogP contribution in [-0.2, 0) is 29.1 Å². The summed E-state index contributed by atoms with van der Waals surface area (Å²) >= 11 is 1.43. The van der Waals surface area contributed by atoms with Crippen molar-refractivity contribution in [1.29, 1.82) is 0 Å². The summed E-state index contributed by atoms with van der Waals surface area (Å²) in [6.07, 6.45) is 5.07. The summed E-state index contributed by atoms with van der Waals surface area (Å²) in [5.41, 5.74) is 1.35. The molecule has 3 heterocycles. The highest BCUT2D eigenvalue weighted by molar-refractivity contribution is 7.15. The topological polar surface area (TPSA) is 97.2 Å². The molecule has 30 heavy (non-hydrogen) atoms. The van der Waals surface area contributed by atoms with Gasteiger partial charge in [-0.1, -0.05) is 29.9 Å². The lowest BCUT2D eigenvalue weighted by molar-refractivity contribution is -0.132. The van der Waals surface area contributed by atoms with E-state index < -0.39 is 0 Å². The Labute approximate surface area is 176 Å². The largest absolute Gasteiger partial charge is 0.336 e. The number of rotatable bonds is 4. The summed E-state index contributed by atoms with van der Waals surface area (Å²) in [6, 6.07) is 7.11. The van der Waals surface area contributed by atoms with Gasteiger partial charge >= 0.3 is 0 Å². The normalized spacial score (nSPS) is 16.2. The highest BCUT2D eigenvalue weighted by atomic mass is 32.1. The summed E-state index contributed by atoms with van der Waals surface area (Å²) in [5.74, 6) is 0.0228. The maximum atomic E-state index is 12.8. The third-order valence-corrected chi connectivity index (χ3v) is 6.82. The van der Waals surface area contributed by atoms with Crippen molar-refractivity contribution in [3.05, 3.63) is 51.5 Å². The number of nitrogens with zero attached hydrogens (tertiary/aromatic N) is 4. The highest BCUT2D eigenvalue weighted by Gasteiger charge is 2.28. The van der Waals surface area contributed by atoms with Gasteiger partial charge in [-0.2, -0.15) is 0 Å². The number of hydrogen-bond donors (Lipinski definition) is 1. The number of benzene rings is 1. The number of anilines is 1. The molecule has 0 unspecified atom stereocenters. The Bertz CT molecular complexity index is 1200. The number of amides is 2. The van der Waals surface area contributed by atoms with Gasteiger partial charge in [-0.25, -0.2) is 9.97 Å². The molecule has 154 valence electrons. The van der Waals surface area contributed by atoms with Crippen LogP contribution >= 0.6 is 11.3 Å². The Hall–Kier alpha value is -3.07. The smallest absolute Gasteiger partial charge is 0.261 e. The fraction of sp³-hybridized carbons (Fsp3) is 0.381. The van der Waals surface area contributed by atoms with E-state index in [1.54, 1.807) is 23.1 Å². The molecule has 5 rings (SSSR count). The second-order valence-corrected chi connectivity index (χ2v) is 8.85. The van der Waals surface area contributed by atoms with Crippen LogP contribution in [0.4, 0.5) is 5.13 Å². The summed E-state index contributed by atoms with van der Waals surface area (Å²) in [6.45, 7) is 0.943. The molecule has 1 N–H and O–H groups in total. The number of nitrogens with one attached hydrogen (secondary N) is 1. The number of hydrogen-bond acceptors (Lipinski definition) is 6. The molecule has 1 aliphatic carbocycles. The predicted molar refractivity (Wildman–Crippen MR) is 113 cm³/mol. The second kappa shape index (κ2) is 7.64. The number of carbonyl (C=O) groups excluding carboxylic acids is 2. The predicted octanol–water partition coefficient (Wildman–Crippen LogP) is 2.18. The van der Waals surface area contributed by atoms with Gasteiger partial charge < -0.3 is 10.2 Å². The van der Waals surface area contributed by atoms with Crippen molar-refractivity contribution in [2.24, 2.45) is 5.92 Å². The minimum atomic E-state index is -0.217. The van der Waals surface area contributed by atoms with Gasteiger partial charge in [-0.05, 0) is 25.0 Å². The molecule has 0 saturated heterocycles. The first-order valence-electron chi connectivity index (χ1n) is 10.1. The molecule has 2 amide bonds. The average molecular weight is 423 g/mol. The fourth-order valence-corrected chi connectivity index (χ4v) is 4.83. The van der Waals surface area contributed by atoms with Crippen molar-refractivity contribution in [3.63, 3.8) is 0 Å². The molecule has 0 atom stereocenters. The van der Waals surface area contributed by atoms with Gasteiger partial charge in [-0.3, -0.25) is 19.0 Å². The van der Waals surface area contributed by atoms with Gasteiger partial charge in [0.1, 0.15) is 6.54 Å². The van der Waals surface area contributed by atoms with E-state index in [1.165, 1.54) is 22.2 Å².